The van der Waals surface area contributed by atoms with Crippen molar-refractivity contribution in [2.45, 2.75) is 38.2 Å². The molecule has 3 N–H and O–H groups in total. The lowest BCUT2D eigenvalue weighted by atomic mass is 10.2. The number of rotatable bonds is 6. The number of nitrogens with two attached hydrogens (primary N) is 1. The Labute approximate surface area is 85.0 Å². The fraction of sp³-hybridized carbons (Fsp3) is 0.875. The van der Waals surface area contributed by atoms with E-state index in [1.54, 1.807) is 12.2 Å². The zero-order valence-electron chi connectivity index (χ0n) is 8.27. The molecule has 3 nitrogen and oxygen atoms in total. The second-order valence-corrected chi connectivity index (χ2v) is 3.35. The third-order valence-corrected chi connectivity index (χ3v) is 1.67. The Morgan fingerprint density at radius 2 is 2.00 bits per heavy atom. The van der Waals surface area contributed by atoms with Gasteiger partial charge in [-0.05, 0) is 13.3 Å². The number of hydrogen-bond donors (Lipinski definition) is 2. The van der Waals surface area contributed by atoms with E-state index in [2.05, 4.69) is 0 Å². The summed E-state index contributed by atoms with van der Waals surface area (Å²) in [6, 6.07) is -0.230. The zero-order valence-corrected chi connectivity index (χ0v) is 8.27. The molecule has 0 aromatic rings. The number of carbonyl (C=O) groups is 1. The minimum Gasteiger partial charge on any atom is -0.350 e. The van der Waals surface area contributed by atoms with Gasteiger partial charge in [-0.15, -0.1) is 0 Å². The van der Waals surface area contributed by atoms with E-state index >= 15 is 0 Å². The van der Waals surface area contributed by atoms with E-state index in [-0.39, 0.29) is 12.5 Å². The zero-order chi connectivity index (χ0) is 12.1. The van der Waals surface area contributed by atoms with Crippen molar-refractivity contribution in [3.05, 3.63) is 0 Å². The van der Waals surface area contributed by atoms with Gasteiger partial charge in [0.2, 0.25) is 5.91 Å². The van der Waals surface area contributed by atoms with Crippen molar-refractivity contribution < 1.29 is 22.4 Å². The van der Waals surface area contributed by atoms with Crippen molar-refractivity contribution in [3.8, 4) is 0 Å². The highest BCUT2D eigenvalue weighted by molar-refractivity contribution is 5.75. The lowest BCUT2D eigenvalue weighted by molar-refractivity contribution is -0.136. The molecule has 0 spiro atoms. The van der Waals surface area contributed by atoms with Crippen LogP contribution in [0.3, 0.4) is 0 Å². The average molecular weight is 230 g/mol. The topological polar surface area (TPSA) is 55.1 Å². The highest BCUT2D eigenvalue weighted by Gasteiger charge is 2.40. The fourth-order valence-electron chi connectivity index (χ4n) is 0.741. The van der Waals surface area contributed by atoms with Gasteiger partial charge in [0.05, 0.1) is 6.54 Å². The summed E-state index contributed by atoms with van der Waals surface area (Å²) in [5.41, 5.74) is 5.32. The van der Waals surface area contributed by atoms with Crippen LogP contribution in [0.25, 0.3) is 0 Å². The molecule has 90 valence electrons. The van der Waals surface area contributed by atoms with Crippen molar-refractivity contribution in [1.82, 2.24) is 5.32 Å². The molecule has 0 saturated carbocycles. The molecule has 1 amide bonds. The van der Waals surface area contributed by atoms with Gasteiger partial charge in [0.15, 0.2) is 0 Å². The maximum atomic E-state index is 12.3. The number of alkyl halides is 4. The van der Waals surface area contributed by atoms with Crippen LogP contribution < -0.4 is 11.1 Å². The summed E-state index contributed by atoms with van der Waals surface area (Å²) in [7, 11) is 0. The van der Waals surface area contributed by atoms with Crippen molar-refractivity contribution >= 4 is 5.91 Å². The summed E-state index contributed by atoms with van der Waals surface area (Å²) in [6.07, 6.45) is -3.49. The molecule has 0 rings (SSSR count). The number of halogens is 4. The standard InChI is InChI=1S/C8H14F4N2O/c1-5(13)2-3-6(15)14-4-8(11,12)7(9)10/h5,7H,2-4,13H2,1H3,(H,14,15). The lowest BCUT2D eigenvalue weighted by Crippen LogP contribution is -2.41. The molecule has 0 aromatic carbocycles. The molecule has 0 aliphatic rings. The van der Waals surface area contributed by atoms with Crippen LogP contribution in [0, 0.1) is 0 Å². The average Bonchev–Trinajstić information content (AvgIpc) is 2.11. The van der Waals surface area contributed by atoms with Gasteiger partial charge in [0.25, 0.3) is 0 Å². The molecule has 0 radical (unpaired) electrons. The van der Waals surface area contributed by atoms with Gasteiger partial charge in [-0.25, -0.2) is 8.78 Å². The third kappa shape index (κ3) is 6.27. The molecule has 0 heterocycles. The van der Waals surface area contributed by atoms with E-state index in [1.165, 1.54) is 0 Å². The van der Waals surface area contributed by atoms with E-state index in [9.17, 15) is 22.4 Å². The molecule has 0 saturated heterocycles. The predicted molar refractivity (Wildman–Crippen MR) is 46.8 cm³/mol. The number of amides is 1. The Balaban J connectivity index is 3.80. The van der Waals surface area contributed by atoms with Gasteiger partial charge in [-0.2, -0.15) is 8.78 Å². The first-order valence-electron chi connectivity index (χ1n) is 4.44. The molecule has 0 aliphatic carbocycles. The Morgan fingerprint density at radius 1 is 1.47 bits per heavy atom. The minimum atomic E-state index is -4.18. The number of nitrogens with one attached hydrogen (secondary N) is 1. The first-order chi connectivity index (χ1) is 6.75. The normalized spacial score (nSPS) is 14.1. The van der Waals surface area contributed by atoms with Crippen LogP contribution in [0.5, 0.6) is 0 Å². The summed E-state index contributed by atoms with van der Waals surface area (Å²) in [4.78, 5) is 10.9. The summed E-state index contributed by atoms with van der Waals surface area (Å²) >= 11 is 0. The molecule has 1 atom stereocenters. The molecule has 0 fully saturated rings. The SMILES string of the molecule is CC(N)CCC(=O)NCC(F)(F)C(F)F. The van der Waals surface area contributed by atoms with E-state index < -0.39 is 24.8 Å². The first-order valence-corrected chi connectivity index (χ1v) is 4.44. The summed E-state index contributed by atoms with van der Waals surface area (Å²) < 4.78 is 47.9. The minimum absolute atomic E-state index is 0.0447. The van der Waals surface area contributed by atoms with Crippen LogP contribution in [0.4, 0.5) is 17.6 Å². The van der Waals surface area contributed by atoms with Crippen LogP contribution in [-0.2, 0) is 4.79 Å². The van der Waals surface area contributed by atoms with Gasteiger partial charge in [0, 0.05) is 12.5 Å². The molecule has 0 aliphatic heterocycles. The monoisotopic (exact) mass is 230 g/mol. The molecular formula is C8H14F4N2O. The molecule has 0 bridgehead atoms. The predicted octanol–water partition coefficient (Wildman–Crippen LogP) is 1.13. The van der Waals surface area contributed by atoms with E-state index in [4.69, 9.17) is 5.73 Å². The molecule has 0 aromatic heterocycles. The van der Waals surface area contributed by atoms with Crippen LogP contribution in [0.2, 0.25) is 0 Å². The van der Waals surface area contributed by atoms with Gasteiger partial charge in [-0.1, -0.05) is 0 Å². The molecule has 15 heavy (non-hydrogen) atoms. The Hall–Kier alpha value is -0.850. The third-order valence-electron chi connectivity index (χ3n) is 1.67. The Bertz CT molecular complexity index is 209. The van der Waals surface area contributed by atoms with Crippen molar-refractivity contribution in [1.29, 1.82) is 0 Å². The fourth-order valence-corrected chi connectivity index (χ4v) is 0.741. The van der Waals surface area contributed by atoms with Crippen LogP contribution >= 0.6 is 0 Å². The Morgan fingerprint density at radius 3 is 2.40 bits per heavy atom. The van der Waals surface area contributed by atoms with E-state index in [1.807, 2.05) is 0 Å². The molecular weight excluding hydrogens is 216 g/mol. The number of carbonyl (C=O) groups excluding carboxylic acids is 1. The molecule has 7 heteroatoms. The Kier molecular flexibility index (Phi) is 5.56. The first kappa shape index (κ1) is 14.2. The second-order valence-electron chi connectivity index (χ2n) is 3.35. The molecule has 1 unspecified atom stereocenters. The number of hydrogen-bond acceptors (Lipinski definition) is 2. The second kappa shape index (κ2) is 5.89. The van der Waals surface area contributed by atoms with E-state index in [0.29, 0.717) is 6.42 Å². The van der Waals surface area contributed by atoms with Gasteiger partial charge >= 0.3 is 12.3 Å². The maximum absolute atomic E-state index is 12.3. The van der Waals surface area contributed by atoms with Crippen molar-refractivity contribution in [2.24, 2.45) is 5.73 Å². The summed E-state index contributed by atoms with van der Waals surface area (Å²) in [5.74, 6) is -4.88. The van der Waals surface area contributed by atoms with Crippen LogP contribution in [-0.4, -0.2) is 30.8 Å². The smallest absolute Gasteiger partial charge is 0.324 e. The van der Waals surface area contributed by atoms with Gasteiger partial charge in [0.1, 0.15) is 0 Å². The summed E-state index contributed by atoms with van der Waals surface area (Å²) in [5, 5.41) is 1.74. The summed E-state index contributed by atoms with van der Waals surface area (Å²) in [6.45, 7) is 0.309. The van der Waals surface area contributed by atoms with Crippen LogP contribution in [0.15, 0.2) is 0 Å². The highest BCUT2D eigenvalue weighted by Crippen LogP contribution is 2.21. The van der Waals surface area contributed by atoms with Gasteiger partial charge in [-0.3, -0.25) is 4.79 Å². The lowest BCUT2D eigenvalue weighted by Gasteiger charge is -2.15. The maximum Gasteiger partial charge on any atom is 0.324 e. The quantitative estimate of drug-likeness (QED) is 0.672. The van der Waals surface area contributed by atoms with Crippen molar-refractivity contribution in [3.63, 3.8) is 0 Å². The van der Waals surface area contributed by atoms with Gasteiger partial charge < -0.3 is 11.1 Å². The van der Waals surface area contributed by atoms with Crippen molar-refractivity contribution in [2.75, 3.05) is 6.54 Å². The van der Waals surface area contributed by atoms with E-state index in [0.717, 1.165) is 0 Å². The highest BCUT2D eigenvalue weighted by atomic mass is 19.3. The van der Waals surface area contributed by atoms with Crippen LogP contribution in [0.1, 0.15) is 19.8 Å². The largest absolute Gasteiger partial charge is 0.350 e.